The lowest BCUT2D eigenvalue weighted by molar-refractivity contribution is 1.21. The van der Waals surface area contributed by atoms with E-state index in [1.165, 1.54) is 6.20 Å². The zero-order valence-electron chi connectivity index (χ0n) is 44.4. The third-order valence-corrected chi connectivity index (χ3v) is 9.58. The van der Waals surface area contributed by atoms with Gasteiger partial charge in [0.2, 0.25) is 0 Å². The van der Waals surface area contributed by atoms with Crippen molar-refractivity contribution in [3.8, 4) is 22.3 Å². The van der Waals surface area contributed by atoms with Gasteiger partial charge in [0.25, 0.3) is 0 Å². The molecule has 0 saturated carbocycles. The molecule has 62 heavy (non-hydrogen) atoms. The maximum absolute atomic E-state index is 8.82. The van der Waals surface area contributed by atoms with Crippen molar-refractivity contribution >= 4 is 34.4 Å². The minimum Gasteiger partial charge on any atom is -0.318 e. The second-order valence-electron chi connectivity index (χ2n) is 13.6. The van der Waals surface area contributed by atoms with Crippen LogP contribution in [0.15, 0.2) is 293 Å². The van der Waals surface area contributed by atoms with E-state index in [9.17, 15) is 0 Å². The first kappa shape index (κ1) is 31.7. The zero-order chi connectivity index (χ0) is 52.1. The number of hydrogen-bond acceptors (Lipinski definition) is 2. The molecule has 0 aliphatic rings. The molecule has 0 bridgehead atoms. The van der Waals surface area contributed by atoms with Crippen LogP contribution in [0.1, 0.15) is 24.8 Å². The minimum absolute atomic E-state index is 0.0291. The Morgan fingerprint density at radius 2 is 1.21 bits per heavy atom. The molecule has 6 rings (SSSR count). The van der Waals surface area contributed by atoms with Gasteiger partial charge in [-0.15, -0.1) is 0 Å². The molecule has 6 aromatic rings. The highest BCUT2D eigenvalue weighted by atomic mass is 15.1. The molecule has 302 valence electrons. The molecular formula is C60H52N2. The second kappa shape index (κ2) is 22.2. The highest BCUT2D eigenvalue weighted by molar-refractivity contribution is 5.81. The molecule has 0 aromatic heterocycles. The molecule has 0 fully saturated rings. The first-order chi connectivity index (χ1) is 34.6. The van der Waals surface area contributed by atoms with Gasteiger partial charge < -0.3 is 9.80 Å². The first-order valence-electron chi connectivity index (χ1n) is 24.8. The van der Waals surface area contributed by atoms with Crippen molar-refractivity contribution in [2.75, 3.05) is 9.80 Å². The number of anilines is 4. The van der Waals surface area contributed by atoms with Gasteiger partial charge in [-0.2, -0.15) is 0 Å². The Morgan fingerprint density at radius 1 is 0.581 bits per heavy atom. The number of para-hydroxylation sites is 1. The highest BCUT2D eigenvalue weighted by Crippen LogP contribution is 2.36. The van der Waals surface area contributed by atoms with Crippen LogP contribution in [0.3, 0.4) is 0 Å². The summed E-state index contributed by atoms with van der Waals surface area (Å²) >= 11 is 0. The van der Waals surface area contributed by atoms with Crippen LogP contribution in [-0.4, -0.2) is 0 Å². The molecule has 0 aliphatic heterocycles. The summed E-state index contributed by atoms with van der Waals surface area (Å²) in [5.74, 6) is 0. The van der Waals surface area contributed by atoms with Gasteiger partial charge in [0, 0.05) is 34.6 Å². The van der Waals surface area contributed by atoms with Crippen LogP contribution in [0.2, 0.25) is 0 Å². The van der Waals surface area contributed by atoms with Crippen LogP contribution >= 0.6 is 0 Å². The SMILES string of the molecule is [2H]C=C([2H])/C([2H])=C([2H])\C([2H])=C\N(C(=C)/C=C\C(=C)C(=C)/C=C\C=C\c1cccc(-c2ccc(N(c3ccc(/C(C=C)=C/C=C)cc3)c3c([2H])c([2H])c([2H])c([2H])c3[2H])cc2)c1)c1ccc(-c2ccccc2)cc1. The maximum Gasteiger partial charge on any atom is 0.0645 e. The van der Waals surface area contributed by atoms with Crippen molar-refractivity contribution in [2.45, 2.75) is 0 Å². The van der Waals surface area contributed by atoms with E-state index >= 15 is 0 Å². The molecule has 0 spiro atoms. The lowest BCUT2D eigenvalue weighted by Crippen LogP contribution is -2.12. The van der Waals surface area contributed by atoms with Gasteiger partial charge in [-0.05, 0) is 117 Å². The van der Waals surface area contributed by atoms with Crippen molar-refractivity contribution in [3.05, 3.63) is 304 Å². The van der Waals surface area contributed by atoms with E-state index in [0.717, 1.165) is 39.0 Å². The molecule has 0 radical (unpaired) electrons. The normalized spacial score (nSPS) is 14.8. The number of rotatable bonds is 19. The molecule has 6 aromatic carbocycles. The van der Waals surface area contributed by atoms with Crippen molar-refractivity contribution < 1.29 is 13.7 Å². The van der Waals surface area contributed by atoms with Gasteiger partial charge in [0.05, 0.1) is 13.7 Å². The zero-order valence-corrected chi connectivity index (χ0v) is 34.4. The first-order valence-corrected chi connectivity index (χ1v) is 19.7. The molecule has 0 heterocycles. The Morgan fingerprint density at radius 3 is 1.89 bits per heavy atom. The Hall–Kier alpha value is -8.20. The molecular weight excluding hydrogens is 749 g/mol. The van der Waals surface area contributed by atoms with Gasteiger partial charge in [-0.3, -0.25) is 0 Å². The topological polar surface area (TPSA) is 6.48 Å². The van der Waals surface area contributed by atoms with E-state index < -0.39 is 36.3 Å². The predicted octanol–water partition coefficient (Wildman–Crippen LogP) is 16.8. The van der Waals surface area contributed by atoms with E-state index in [1.807, 2.05) is 158 Å². The van der Waals surface area contributed by atoms with E-state index in [-0.39, 0.29) is 23.8 Å². The Kier molecular flexibility index (Phi) is 11.4. The lowest BCUT2D eigenvalue weighted by atomic mass is 10.0. The number of benzene rings is 6. The van der Waals surface area contributed by atoms with E-state index in [2.05, 4.69) is 32.9 Å². The summed E-state index contributed by atoms with van der Waals surface area (Å²) in [6.45, 7) is 20.9. The summed E-state index contributed by atoms with van der Waals surface area (Å²) in [5.41, 5.74) is 10.1. The molecule has 2 heteroatoms. The Bertz CT molecular complexity index is 3220. The average molecular weight is 811 g/mol. The van der Waals surface area contributed by atoms with Crippen molar-refractivity contribution in [1.82, 2.24) is 0 Å². The largest absolute Gasteiger partial charge is 0.318 e. The van der Waals surface area contributed by atoms with E-state index in [0.29, 0.717) is 40.5 Å². The molecule has 0 N–H and O–H groups in total. The predicted molar refractivity (Wildman–Crippen MR) is 272 cm³/mol. The Balaban J connectivity index is 1.19. The summed E-state index contributed by atoms with van der Waals surface area (Å²) in [7, 11) is 0. The standard InChI is InChI=1S/C60H52N2/c1-7-10-11-20-45-61(57-39-33-54(34-40-57)52-26-14-12-15-27-52)49(6)32-31-48(5)47(4)23-18-19-24-50-25-21-28-56(46-50)55-37-43-60(44-38-55)62(58-29-16-13-17-30-58)59-41-35-53(36-42-59)51(9-3)22-8-2/h7-46H,1-6H2/b11-10-,23-18-,24-19+,32-31-,45-20+,51-22+/i1D,7D,10D,11D,13D,16D,17D,20D,29D,30D/b7-1?,11-10-,23-18-,24-19+,32-31-,45-20+,51-22+. The Labute approximate surface area is 383 Å². The van der Waals surface area contributed by atoms with Crippen molar-refractivity contribution in [2.24, 2.45) is 0 Å². The van der Waals surface area contributed by atoms with Crippen molar-refractivity contribution in [3.63, 3.8) is 0 Å². The third kappa shape index (κ3) is 11.7. The van der Waals surface area contributed by atoms with Crippen LogP contribution in [0.25, 0.3) is 33.9 Å². The fourth-order valence-electron chi connectivity index (χ4n) is 6.37. The van der Waals surface area contributed by atoms with Gasteiger partial charge in [-0.1, -0.05) is 209 Å². The summed E-state index contributed by atoms with van der Waals surface area (Å²) in [6, 6.07) is 36.7. The number of hydrogen-bond donors (Lipinski definition) is 0. The molecule has 0 unspecified atom stereocenters. The van der Waals surface area contributed by atoms with Crippen LogP contribution < -0.4 is 9.80 Å². The molecule has 0 atom stereocenters. The lowest BCUT2D eigenvalue weighted by Gasteiger charge is -2.26. The van der Waals surface area contributed by atoms with Gasteiger partial charge >= 0.3 is 0 Å². The molecule has 0 amide bonds. The number of allylic oxidation sites excluding steroid dienone is 15. The second-order valence-corrected chi connectivity index (χ2v) is 13.6. The third-order valence-electron chi connectivity index (χ3n) is 9.58. The monoisotopic (exact) mass is 810 g/mol. The van der Waals surface area contributed by atoms with Crippen molar-refractivity contribution in [1.29, 1.82) is 0 Å². The minimum atomic E-state index is -0.544. The van der Waals surface area contributed by atoms with Crippen LogP contribution in [0.4, 0.5) is 22.7 Å². The van der Waals surface area contributed by atoms with E-state index in [1.54, 1.807) is 34.1 Å². The number of nitrogens with zero attached hydrogens (tertiary/aromatic N) is 2. The smallest absolute Gasteiger partial charge is 0.0645 e. The molecule has 0 saturated heterocycles. The van der Waals surface area contributed by atoms with Crippen LogP contribution in [0, 0.1) is 0 Å². The highest BCUT2D eigenvalue weighted by Gasteiger charge is 2.13. The van der Waals surface area contributed by atoms with E-state index in [4.69, 9.17) is 13.7 Å². The summed E-state index contributed by atoms with van der Waals surface area (Å²) in [6.07, 6.45) is 17.6. The fourth-order valence-corrected chi connectivity index (χ4v) is 6.37. The molecule has 2 nitrogen and oxygen atoms in total. The summed E-state index contributed by atoms with van der Waals surface area (Å²) < 4.78 is 82.8. The fraction of sp³-hybridized carbons (Fsp3) is 0. The maximum atomic E-state index is 8.82. The summed E-state index contributed by atoms with van der Waals surface area (Å²) in [5, 5.41) is 0. The molecule has 0 aliphatic carbocycles. The van der Waals surface area contributed by atoms with Crippen LogP contribution in [-0.2, 0) is 0 Å². The quantitative estimate of drug-likeness (QED) is 0.0752. The van der Waals surface area contributed by atoms with Gasteiger partial charge in [0.15, 0.2) is 0 Å². The summed E-state index contributed by atoms with van der Waals surface area (Å²) in [4.78, 5) is 3.29. The van der Waals surface area contributed by atoms with Gasteiger partial charge in [0.1, 0.15) is 0 Å². The van der Waals surface area contributed by atoms with Gasteiger partial charge in [-0.25, -0.2) is 0 Å². The average Bonchev–Trinajstić information content (AvgIpc) is 3.41. The van der Waals surface area contributed by atoms with Crippen LogP contribution in [0.5, 0.6) is 0 Å².